The molecule has 2 unspecified atom stereocenters. The van der Waals surface area contributed by atoms with Crippen LogP contribution in [0.1, 0.15) is 25.6 Å². The Kier molecular flexibility index (Phi) is 13.3. The number of aromatic nitrogens is 4. The zero-order valence-corrected chi connectivity index (χ0v) is 32.5. The van der Waals surface area contributed by atoms with Gasteiger partial charge in [-0.15, -0.1) is 0 Å². The van der Waals surface area contributed by atoms with Gasteiger partial charge >= 0.3 is 0 Å². The molecule has 0 bridgehead atoms. The van der Waals surface area contributed by atoms with Crippen molar-refractivity contribution in [2.45, 2.75) is 87.5 Å². The monoisotopic (exact) mass is 802 g/mol. The molecule has 1 amide bonds. The lowest BCUT2D eigenvalue weighted by atomic mass is 9.99. The van der Waals surface area contributed by atoms with Crippen molar-refractivity contribution in [1.29, 1.82) is 0 Å². The number of aliphatic hydroxyl groups is 5. The molecule has 6 N–H and O–H groups in total. The van der Waals surface area contributed by atoms with Gasteiger partial charge in [-0.25, -0.2) is 15.0 Å². The number of amides is 1. The fraction of sp³-hybridized carbons (Fsp3) is 0.568. The van der Waals surface area contributed by atoms with Gasteiger partial charge in [0.05, 0.1) is 32.2 Å². The van der Waals surface area contributed by atoms with Crippen LogP contribution in [0, 0.1) is 0 Å². The minimum atomic E-state index is -1.52. The van der Waals surface area contributed by atoms with Gasteiger partial charge in [-0.2, -0.15) is 0 Å². The van der Waals surface area contributed by atoms with Crippen LogP contribution in [0.5, 0.6) is 5.75 Å². The predicted molar refractivity (Wildman–Crippen MR) is 198 cm³/mol. The van der Waals surface area contributed by atoms with Gasteiger partial charge < -0.3 is 73.6 Å². The highest BCUT2D eigenvalue weighted by Crippen LogP contribution is 2.34. The number of carbonyl (C=O) groups is 1. The molecule has 3 saturated heterocycles. The van der Waals surface area contributed by atoms with Crippen LogP contribution in [0.3, 0.4) is 0 Å². The van der Waals surface area contributed by atoms with Gasteiger partial charge in [0, 0.05) is 33.9 Å². The van der Waals surface area contributed by atoms with Gasteiger partial charge in [0.1, 0.15) is 55.3 Å². The number of hydrogen-bond donors (Lipinski definition) is 6. The normalized spacial score (nSPS) is 32.6. The summed E-state index contributed by atoms with van der Waals surface area (Å²) in [7, 11) is 7.90. The number of nitrogens with one attached hydrogen (secondary N) is 1. The summed E-state index contributed by atoms with van der Waals surface area (Å²) in [5.74, 6) is 0.278. The number of ether oxygens (including phenoxy) is 8. The molecule has 2 aromatic heterocycles. The lowest BCUT2D eigenvalue weighted by molar-refractivity contribution is -0.299. The van der Waals surface area contributed by atoms with Gasteiger partial charge in [-0.05, 0) is 37.6 Å². The molecule has 20 heteroatoms. The summed E-state index contributed by atoms with van der Waals surface area (Å²) >= 11 is 0. The number of aliphatic hydroxyl groups excluding tert-OH is 5. The highest BCUT2D eigenvalue weighted by atomic mass is 16.7. The van der Waals surface area contributed by atoms with Crippen molar-refractivity contribution in [2.24, 2.45) is 0 Å². The van der Waals surface area contributed by atoms with Gasteiger partial charge in [0.25, 0.3) is 6.29 Å². The molecule has 0 aliphatic carbocycles. The van der Waals surface area contributed by atoms with Crippen LogP contribution in [0.15, 0.2) is 54.0 Å². The maximum absolute atomic E-state index is 13.3. The van der Waals surface area contributed by atoms with E-state index in [1.165, 1.54) is 34.0 Å². The number of benzene rings is 1. The number of anilines is 1. The smallest absolute Gasteiger partial charge is 0.269 e. The van der Waals surface area contributed by atoms with Crippen molar-refractivity contribution >= 4 is 29.0 Å². The van der Waals surface area contributed by atoms with Crippen LogP contribution in [0.25, 0.3) is 17.2 Å². The molecule has 0 saturated carbocycles. The van der Waals surface area contributed by atoms with Crippen LogP contribution in [-0.4, -0.2) is 167 Å². The van der Waals surface area contributed by atoms with Crippen LogP contribution in [-0.2, 0) is 38.0 Å². The van der Waals surface area contributed by atoms with E-state index in [9.17, 15) is 30.3 Å². The summed E-state index contributed by atoms with van der Waals surface area (Å²) in [6.07, 6.45) is -7.09. The van der Waals surface area contributed by atoms with Gasteiger partial charge in [-0.3, -0.25) is 9.36 Å². The van der Waals surface area contributed by atoms with E-state index >= 15 is 0 Å². The molecule has 5 heterocycles. The Morgan fingerprint density at radius 1 is 0.965 bits per heavy atom. The van der Waals surface area contributed by atoms with Crippen molar-refractivity contribution in [3.63, 3.8) is 0 Å². The second-order valence-electron chi connectivity index (χ2n) is 14.0. The summed E-state index contributed by atoms with van der Waals surface area (Å²) in [5, 5.41) is 56.5. The quantitative estimate of drug-likeness (QED) is 0.0862. The third-order valence-electron chi connectivity index (χ3n) is 10.1. The molecule has 312 valence electrons. The van der Waals surface area contributed by atoms with E-state index in [1.807, 2.05) is 14.1 Å². The second kappa shape index (κ2) is 18.0. The first kappa shape index (κ1) is 42.1. The predicted octanol–water partition coefficient (Wildman–Crippen LogP) is -0.802. The first-order chi connectivity index (χ1) is 27.3. The molecule has 6 rings (SSSR count). The second-order valence-corrected chi connectivity index (χ2v) is 14.0. The highest BCUT2D eigenvalue weighted by molar-refractivity contribution is 5.97. The SMILES string of the molecule is CO/C(CO[C@H]1O[C@H](C)[C@@H](OC)[C@H](OC)[C@@H]1O)=C1\O[C@@H](Oc2ccc(/C=C(\C)C(=O)NC3C(O)[C@H](n4cnc5c(N(C)C)ncnc54)O[C@@H]3CO)cc2)[C@@H](O)[C@@H]1O. The molecule has 3 aliphatic rings. The number of rotatable bonds is 14. The summed E-state index contributed by atoms with van der Waals surface area (Å²) < 4.78 is 46.9. The molecule has 57 heavy (non-hydrogen) atoms. The van der Waals surface area contributed by atoms with Crippen molar-refractivity contribution in [3.05, 3.63) is 59.6 Å². The van der Waals surface area contributed by atoms with Gasteiger partial charge in [-0.1, -0.05) is 12.1 Å². The largest absolute Gasteiger partial charge is 0.495 e. The Bertz CT molecular complexity index is 1910. The summed E-state index contributed by atoms with van der Waals surface area (Å²) in [5.41, 5.74) is 1.84. The number of fused-ring (bicyclic) bond motifs is 1. The maximum atomic E-state index is 13.3. The average Bonchev–Trinajstić information content (AvgIpc) is 3.85. The molecule has 0 spiro atoms. The van der Waals surface area contributed by atoms with Crippen molar-refractivity contribution in [3.8, 4) is 5.75 Å². The molecule has 0 radical (unpaired) electrons. The minimum absolute atomic E-state index is 0.0362. The Balaban J connectivity index is 1.06. The molecule has 1 aromatic carbocycles. The zero-order chi connectivity index (χ0) is 41.1. The van der Waals surface area contributed by atoms with Gasteiger partial charge in [0.15, 0.2) is 47.1 Å². The number of methoxy groups -OCH3 is 3. The molecule has 3 aliphatic heterocycles. The Hall–Kier alpha value is -4.48. The third kappa shape index (κ3) is 8.56. The summed E-state index contributed by atoms with van der Waals surface area (Å²) in [6.45, 7) is 2.60. The Labute approximate surface area is 328 Å². The lowest BCUT2D eigenvalue weighted by Crippen LogP contribution is -2.58. The van der Waals surface area contributed by atoms with E-state index in [0.29, 0.717) is 28.1 Å². The number of hydrogen-bond acceptors (Lipinski definition) is 18. The fourth-order valence-corrected chi connectivity index (χ4v) is 7.02. The summed E-state index contributed by atoms with van der Waals surface area (Å²) in [6, 6.07) is 5.55. The average molecular weight is 803 g/mol. The molecule has 20 nitrogen and oxygen atoms in total. The topological polar surface area (TPSA) is 251 Å². The van der Waals surface area contributed by atoms with Crippen molar-refractivity contribution in [1.82, 2.24) is 24.8 Å². The van der Waals surface area contributed by atoms with E-state index in [4.69, 9.17) is 37.9 Å². The van der Waals surface area contributed by atoms with Gasteiger partial charge in [0.2, 0.25) is 5.91 Å². The number of imidazole rings is 1. The van der Waals surface area contributed by atoms with E-state index in [0.717, 1.165) is 0 Å². The first-order valence-electron chi connectivity index (χ1n) is 18.2. The van der Waals surface area contributed by atoms with E-state index in [1.54, 1.807) is 53.7 Å². The van der Waals surface area contributed by atoms with Crippen LogP contribution < -0.4 is 15.0 Å². The van der Waals surface area contributed by atoms with Crippen LogP contribution in [0.2, 0.25) is 0 Å². The maximum Gasteiger partial charge on any atom is 0.269 e. The highest BCUT2D eigenvalue weighted by Gasteiger charge is 2.48. The third-order valence-corrected chi connectivity index (χ3v) is 10.1. The van der Waals surface area contributed by atoms with E-state index in [-0.39, 0.29) is 23.9 Å². The molecule has 3 aromatic rings. The standard InChI is InChI=1S/C37H50N6O14/c1-17(34(49)41-23-21(13-44)56-35(25(23)45)43-16-40-24-32(42(3)4)38-15-39-33(24)43)12-19-8-10-20(11-9-19)55-37-27(47)26(46)30(57-37)22(50-5)14-53-36-28(48)31(52-7)29(51-6)18(2)54-36/h8-12,15-16,18,21,23,25-29,31,35-37,44-48H,13-14H2,1-7H3,(H,41,49)/b17-12+,30-22-/t18-,21-,23?,25?,26+,27+,28+,29-,31-,35-,36+,37-/m1/s1. The van der Waals surface area contributed by atoms with Crippen molar-refractivity contribution in [2.75, 3.05) is 53.5 Å². The minimum Gasteiger partial charge on any atom is -0.495 e. The first-order valence-corrected chi connectivity index (χ1v) is 18.2. The number of carbonyl (C=O) groups excluding carboxylic acids is 1. The Morgan fingerprint density at radius 3 is 2.33 bits per heavy atom. The van der Waals surface area contributed by atoms with E-state index in [2.05, 4.69) is 20.3 Å². The lowest BCUT2D eigenvalue weighted by Gasteiger charge is -2.42. The molecular weight excluding hydrogens is 752 g/mol. The molecule has 3 fully saturated rings. The fourth-order valence-electron chi connectivity index (χ4n) is 7.02. The zero-order valence-electron chi connectivity index (χ0n) is 32.5. The Morgan fingerprint density at radius 2 is 1.68 bits per heavy atom. The summed E-state index contributed by atoms with van der Waals surface area (Å²) in [4.78, 5) is 28.1. The molecule has 12 atom stereocenters. The molecular formula is C37H50N6O14. The number of nitrogens with zero attached hydrogens (tertiary/aromatic N) is 5. The van der Waals surface area contributed by atoms with E-state index < -0.39 is 86.2 Å². The van der Waals surface area contributed by atoms with Crippen LogP contribution in [0.4, 0.5) is 5.82 Å². The van der Waals surface area contributed by atoms with Crippen molar-refractivity contribution < 1.29 is 68.2 Å². The van der Waals surface area contributed by atoms with Crippen LogP contribution >= 0.6 is 0 Å².